The third-order valence-corrected chi connectivity index (χ3v) is 4.29. The Morgan fingerprint density at radius 3 is 2.92 bits per heavy atom. The summed E-state index contributed by atoms with van der Waals surface area (Å²) in [5.41, 5.74) is 3.89. The van der Waals surface area contributed by atoms with Crippen molar-refractivity contribution in [3.8, 4) is 0 Å². The third kappa shape index (κ3) is 3.76. The Bertz CT molecular complexity index is 878. The van der Waals surface area contributed by atoms with E-state index in [1.807, 2.05) is 18.2 Å². The second-order valence-corrected chi connectivity index (χ2v) is 5.99. The van der Waals surface area contributed by atoms with Crippen LogP contribution in [0.15, 0.2) is 52.5 Å². The zero-order valence-corrected chi connectivity index (χ0v) is 14.8. The number of aryl methyl sites for hydroxylation is 1. The van der Waals surface area contributed by atoms with Gasteiger partial charge in [0, 0.05) is 0 Å². The van der Waals surface area contributed by atoms with Crippen LogP contribution >= 0.6 is 11.3 Å². The fraction of sp³-hybridized carbons (Fsp3) is 0.188. The number of aromatic nitrogens is 1. The number of carbonyl (C=O) groups excluding carboxylic acids is 2. The number of thiazole rings is 1. The van der Waals surface area contributed by atoms with E-state index in [1.54, 1.807) is 26.0 Å². The molecule has 0 aliphatic carbocycles. The predicted molar refractivity (Wildman–Crippen MR) is 93.6 cm³/mol. The van der Waals surface area contributed by atoms with Gasteiger partial charge >= 0.3 is 11.9 Å². The first kappa shape index (κ1) is 17.7. The van der Waals surface area contributed by atoms with Crippen molar-refractivity contribution in [2.45, 2.75) is 13.8 Å². The Labute approximate surface area is 152 Å². The van der Waals surface area contributed by atoms with Crippen molar-refractivity contribution in [2.24, 2.45) is 10.2 Å². The summed E-state index contributed by atoms with van der Waals surface area (Å²) in [5, 5.41) is 9.56. The van der Waals surface area contributed by atoms with Crippen molar-refractivity contribution in [2.75, 3.05) is 11.6 Å². The molecule has 1 saturated heterocycles. The molecule has 1 N–H and O–H groups in total. The number of hydrogen-bond acceptors (Lipinski definition) is 10. The van der Waals surface area contributed by atoms with Crippen molar-refractivity contribution < 1.29 is 19.2 Å². The Hall–Kier alpha value is -3.11. The number of hydrazine groups is 1. The predicted octanol–water partition coefficient (Wildman–Crippen LogP) is 3.04. The number of para-hydroxylation sites is 1. The third-order valence-electron chi connectivity index (χ3n) is 3.26. The van der Waals surface area contributed by atoms with Crippen LogP contribution in [0.1, 0.15) is 22.3 Å². The molecule has 0 unspecified atom stereocenters. The lowest BCUT2D eigenvalue weighted by Crippen LogP contribution is -2.28. The fourth-order valence-corrected chi connectivity index (χ4v) is 2.89. The van der Waals surface area contributed by atoms with Crippen LogP contribution in [0, 0.1) is 6.92 Å². The van der Waals surface area contributed by atoms with Crippen LogP contribution in [0.2, 0.25) is 0 Å². The summed E-state index contributed by atoms with van der Waals surface area (Å²) in [6.07, 6.45) is 1.26. The highest BCUT2D eigenvalue weighted by molar-refractivity contribution is 7.17. The van der Waals surface area contributed by atoms with Crippen LogP contribution in [0.4, 0.5) is 10.8 Å². The Kier molecular flexibility index (Phi) is 5.34. The largest absolute Gasteiger partial charge is 0.462 e. The maximum atomic E-state index is 11.8. The molecule has 10 heteroatoms. The molecule has 26 heavy (non-hydrogen) atoms. The van der Waals surface area contributed by atoms with E-state index in [0.29, 0.717) is 16.3 Å². The highest BCUT2D eigenvalue weighted by Gasteiger charge is 2.29. The van der Waals surface area contributed by atoms with Crippen LogP contribution in [-0.4, -0.2) is 23.5 Å². The number of nitrogens with zero attached hydrogens (tertiary/aromatic N) is 4. The monoisotopic (exact) mass is 373 g/mol. The average Bonchev–Trinajstić information content (AvgIpc) is 3.19. The molecule has 1 aromatic carbocycles. The lowest BCUT2D eigenvalue weighted by Gasteiger charge is -2.14. The highest BCUT2D eigenvalue weighted by atomic mass is 32.1. The number of ether oxygens (including phenoxy) is 1. The number of hydrogen-bond donors (Lipinski definition) is 1. The smallest absolute Gasteiger partial charge is 0.378 e. The van der Waals surface area contributed by atoms with Gasteiger partial charge in [-0.3, -0.25) is 0 Å². The van der Waals surface area contributed by atoms with E-state index in [9.17, 15) is 9.59 Å². The first-order chi connectivity index (χ1) is 12.6. The van der Waals surface area contributed by atoms with Gasteiger partial charge in [0.05, 0.1) is 24.2 Å². The zero-order chi connectivity index (χ0) is 18.5. The van der Waals surface area contributed by atoms with E-state index in [-0.39, 0.29) is 17.4 Å². The molecule has 0 radical (unpaired) electrons. The van der Waals surface area contributed by atoms with Gasteiger partial charge in [0.2, 0.25) is 5.13 Å². The number of benzene rings is 1. The molecule has 1 aliphatic rings. The fourth-order valence-electron chi connectivity index (χ4n) is 2.10. The molecular formula is C16H15N5O4S. The molecule has 2 heterocycles. The van der Waals surface area contributed by atoms with Gasteiger partial charge in [-0.05, 0) is 26.0 Å². The topological polar surface area (TPSA) is 105 Å². The van der Waals surface area contributed by atoms with Gasteiger partial charge in [0.1, 0.15) is 4.88 Å². The number of azo groups is 1. The highest BCUT2D eigenvalue weighted by Crippen LogP contribution is 2.27. The van der Waals surface area contributed by atoms with Crippen LogP contribution in [-0.2, 0) is 14.4 Å². The van der Waals surface area contributed by atoms with E-state index in [4.69, 9.17) is 9.57 Å². The lowest BCUT2D eigenvalue weighted by atomic mass is 10.3. The summed E-state index contributed by atoms with van der Waals surface area (Å²) in [6.45, 7) is 3.70. The lowest BCUT2D eigenvalue weighted by molar-refractivity contribution is -0.140. The van der Waals surface area contributed by atoms with Crippen LogP contribution < -0.4 is 10.6 Å². The molecule has 134 valence electrons. The average molecular weight is 373 g/mol. The Morgan fingerprint density at radius 2 is 2.19 bits per heavy atom. The van der Waals surface area contributed by atoms with Gasteiger partial charge < -0.3 is 9.57 Å². The Morgan fingerprint density at radius 1 is 1.42 bits per heavy atom. The van der Waals surface area contributed by atoms with Crippen molar-refractivity contribution >= 4 is 34.1 Å². The van der Waals surface area contributed by atoms with Crippen molar-refractivity contribution in [3.63, 3.8) is 0 Å². The molecule has 1 aliphatic heterocycles. The van der Waals surface area contributed by atoms with Gasteiger partial charge in [-0.2, -0.15) is 5.11 Å². The van der Waals surface area contributed by atoms with Gasteiger partial charge in [-0.15, -0.1) is 5.11 Å². The molecule has 0 saturated carbocycles. The second-order valence-electron chi connectivity index (χ2n) is 5.01. The van der Waals surface area contributed by atoms with Gasteiger partial charge in [0.15, 0.2) is 5.70 Å². The minimum absolute atomic E-state index is 0.166. The van der Waals surface area contributed by atoms with Gasteiger partial charge in [-0.25, -0.2) is 19.6 Å². The molecule has 2 aromatic rings. The molecule has 0 atom stereocenters. The number of anilines is 1. The van der Waals surface area contributed by atoms with Crippen LogP contribution in [0.25, 0.3) is 0 Å². The Balaban J connectivity index is 1.79. The maximum Gasteiger partial charge on any atom is 0.378 e. The van der Waals surface area contributed by atoms with Crippen LogP contribution in [0.5, 0.6) is 0 Å². The van der Waals surface area contributed by atoms with Crippen molar-refractivity contribution in [3.05, 3.63) is 52.8 Å². The number of rotatable bonds is 5. The minimum atomic E-state index is -0.588. The summed E-state index contributed by atoms with van der Waals surface area (Å²) < 4.78 is 4.96. The molecule has 0 bridgehead atoms. The van der Waals surface area contributed by atoms with Gasteiger partial charge in [-0.1, -0.05) is 35.1 Å². The SMILES string of the molecule is CCOC(=O)c1sc(N=NC=C2C(=O)ONN2c2ccccc2)nc1C. The zero-order valence-electron chi connectivity index (χ0n) is 14.0. The van der Waals surface area contributed by atoms with E-state index in [0.717, 1.165) is 11.3 Å². The van der Waals surface area contributed by atoms with E-state index >= 15 is 0 Å². The van der Waals surface area contributed by atoms with Crippen LogP contribution in [0.3, 0.4) is 0 Å². The van der Waals surface area contributed by atoms with E-state index in [2.05, 4.69) is 20.8 Å². The normalized spacial score (nSPS) is 15.7. The quantitative estimate of drug-likeness (QED) is 0.488. The molecule has 0 amide bonds. The molecule has 1 fully saturated rings. The summed E-state index contributed by atoms with van der Waals surface area (Å²) in [4.78, 5) is 33.0. The number of carbonyl (C=O) groups is 2. The van der Waals surface area contributed by atoms with Crippen molar-refractivity contribution in [1.82, 2.24) is 10.6 Å². The summed E-state index contributed by atoms with van der Waals surface area (Å²) in [7, 11) is 0. The summed E-state index contributed by atoms with van der Waals surface area (Å²) in [6, 6.07) is 9.12. The summed E-state index contributed by atoms with van der Waals surface area (Å²) in [5.74, 6) is -1.03. The van der Waals surface area contributed by atoms with E-state index in [1.165, 1.54) is 11.2 Å². The molecule has 3 rings (SSSR count). The van der Waals surface area contributed by atoms with Gasteiger partial charge in [0.25, 0.3) is 0 Å². The molecule has 0 spiro atoms. The first-order valence-corrected chi connectivity index (χ1v) is 8.49. The molecule has 9 nitrogen and oxygen atoms in total. The number of nitrogens with one attached hydrogen (secondary N) is 1. The number of esters is 1. The summed E-state index contributed by atoms with van der Waals surface area (Å²) >= 11 is 1.07. The first-order valence-electron chi connectivity index (χ1n) is 7.67. The van der Waals surface area contributed by atoms with E-state index < -0.39 is 11.9 Å². The van der Waals surface area contributed by atoms with Crippen molar-refractivity contribution in [1.29, 1.82) is 0 Å². The second kappa shape index (κ2) is 7.85. The molecule has 1 aromatic heterocycles. The molecular weight excluding hydrogens is 358 g/mol. The maximum absolute atomic E-state index is 11.8. The standard InChI is InChI=1S/C16H15N5O4S/c1-3-24-15(23)13-10(2)18-16(26-13)19-17-9-12-14(22)25-20-21(12)11-7-5-4-6-8-11/h4-9,20H,3H2,1-2H3. The minimum Gasteiger partial charge on any atom is -0.462 e.